The molecule has 0 radical (unpaired) electrons. The van der Waals surface area contributed by atoms with Crippen molar-refractivity contribution in [2.24, 2.45) is 0 Å². The number of carbonyl (C=O) groups excluding carboxylic acids is 3. The van der Waals surface area contributed by atoms with E-state index in [2.05, 4.69) is 15.2 Å². The predicted molar refractivity (Wildman–Crippen MR) is 149 cm³/mol. The molecule has 8 heteroatoms. The molecule has 1 saturated heterocycles. The lowest BCUT2D eigenvalue weighted by atomic mass is 9.93. The fraction of sp³-hybridized carbons (Fsp3) is 0.433. The molecule has 8 nitrogen and oxygen atoms in total. The van der Waals surface area contributed by atoms with Crippen LogP contribution in [0.1, 0.15) is 42.5 Å². The van der Waals surface area contributed by atoms with Crippen LogP contribution in [0, 0.1) is 0 Å². The van der Waals surface area contributed by atoms with Crippen LogP contribution in [0.25, 0.3) is 10.9 Å². The summed E-state index contributed by atoms with van der Waals surface area (Å²) < 4.78 is 0. The maximum absolute atomic E-state index is 13.9. The minimum absolute atomic E-state index is 0.105. The lowest BCUT2D eigenvalue weighted by molar-refractivity contribution is -0.132. The van der Waals surface area contributed by atoms with Crippen molar-refractivity contribution < 1.29 is 14.4 Å². The van der Waals surface area contributed by atoms with Gasteiger partial charge in [0.15, 0.2) is 0 Å². The van der Waals surface area contributed by atoms with Crippen LogP contribution in [0.5, 0.6) is 0 Å². The van der Waals surface area contributed by atoms with Gasteiger partial charge in [-0.25, -0.2) is 0 Å². The zero-order chi connectivity index (χ0) is 26.3. The molecule has 1 aromatic heterocycles. The molecule has 1 aliphatic heterocycles. The van der Waals surface area contributed by atoms with Crippen molar-refractivity contribution in [3.63, 3.8) is 0 Å². The van der Waals surface area contributed by atoms with Gasteiger partial charge in [0.2, 0.25) is 5.91 Å². The molecule has 2 amide bonds. The van der Waals surface area contributed by atoms with Crippen LogP contribution in [-0.2, 0) is 9.59 Å². The van der Waals surface area contributed by atoms with Gasteiger partial charge in [0, 0.05) is 68.1 Å². The zero-order valence-corrected chi connectivity index (χ0v) is 21.9. The summed E-state index contributed by atoms with van der Waals surface area (Å²) in [5.41, 5.74) is 2.00. The number of aromatic amines is 1. The Labute approximate surface area is 224 Å². The summed E-state index contributed by atoms with van der Waals surface area (Å²) in [6.07, 6.45) is 6.85. The number of H-pyrrole nitrogens is 1. The zero-order valence-electron chi connectivity index (χ0n) is 21.9. The number of benzene rings is 2. The summed E-state index contributed by atoms with van der Waals surface area (Å²) in [6, 6.07) is 17.3. The van der Waals surface area contributed by atoms with Crippen LogP contribution < -0.4 is 10.2 Å². The molecule has 5 rings (SSSR count). The second kappa shape index (κ2) is 12.4. The Kier molecular flexibility index (Phi) is 8.51. The molecule has 1 saturated carbocycles. The van der Waals surface area contributed by atoms with Gasteiger partial charge in [-0.15, -0.1) is 0 Å². The average Bonchev–Trinajstić information content (AvgIpc) is 3.40. The van der Waals surface area contributed by atoms with E-state index >= 15 is 0 Å². The fourth-order valence-corrected chi connectivity index (χ4v) is 5.69. The Morgan fingerprint density at radius 3 is 2.37 bits per heavy atom. The smallest absolute Gasteiger partial charge is 0.295 e. The number of Topliss-reactive ketones (excluding diaryl/α,β-unsaturated/α-hetero) is 1. The number of carbonyl (C=O) groups is 3. The molecule has 2 N–H and O–H groups in total. The molecule has 0 atom stereocenters. The van der Waals surface area contributed by atoms with E-state index in [0.717, 1.165) is 63.1 Å². The van der Waals surface area contributed by atoms with Crippen molar-refractivity contribution in [3.05, 3.63) is 66.4 Å². The Morgan fingerprint density at radius 2 is 1.61 bits per heavy atom. The summed E-state index contributed by atoms with van der Waals surface area (Å²) in [6.45, 7) is 4.37. The summed E-state index contributed by atoms with van der Waals surface area (Å²) in [7, 11) is 0. The van der Waals surface area contributed by atoms with E-state index in [1.807, 2.05) is 59.5 Å². The third-order valence-electron chi connectivity index (χ3n) is 7.78. The van der Waals surface area contributed by atoms with E-state index in [0.29, 0.717) is 24.0 Å². The first-order valence-electron chi connectivity index (χ1n) is 13.8. The van der Waals surface area contributed by atoms with Gasteiger partial charge in [0.25, 0.3) is 11.7 Å². The lowest BCUT2D eigenvalue weighted by Crippen LogP contribution is -2.52. The molecule has 3 aromatic rings. The van der Waals surface area contributed by atoms with Crippen molar-refractivity contribution >= 4 is 34.2 Å². The molecular weight excluding hydrogens is 478 g/mol. The highest BCUT2D eigenvalue weighted by Crippen LogP contribution is 2.28. The molecule has 38 heavy (non-hydrogen) atoms. The number of aromatic nitrogens is 1. The molecule has 1 aliphatic carbocycles. The number of fused-ring (bicyclic) bond motifs is 1. The Balaban J connectivity index is 1.39. The highest BCUT2D eigenvalue weighted by atomic mass is 16.2. The number of ketones is 1. The topological polar surface area (TPSA) is 88.8 Å². The van der Waals surface area contributed by atoms with Gasteiger partial charge in [-0.3, -0.25) is 19.3 Å². The van der Waals surface area contributed by atoms with Crippen LogP contribution >= 0.6 is 0 Å². The van der Waals surface area contributed by atoms with Gasteiger partial charge < -0.3 is 20.1 Å². The molecular formula is C30H37N5O3. The predicted octanol–water partition coefficient (Wildman–Crippen LogP) is 3.45. The second-order valence-electron chi connectivity index (χ2n) is 10.3. The molecule has 2 heterocycles. The number of rotatable bonds is 9. The lowest BCUT2D eigenvalue weighted by Gasteiger charge is -2.36. The molecule has 2 fully saturated rings. The molecule has 0 bridgehead atoms. The van der Waals surface area contributed by atoms with Gasteiger partial charge in [-0.05, 0) is 31.0 Å². The van der Waals surface area contributed by atoms with E-state index in [9.17, 15) is 14.4 Å². The molecule has 200 valence electrons. The van der Waals surface area contributed by atoms with E-state index in [-0.39, 0.29) is 18.5 Å². The summed E-state index contributed by atoms with van der Waals surface area (Å²) in [5, 5.41) is 4.06. The molecule has 2 aliphatic rings. The normalized spacial score (nSPS) is 16.8. The van der Waals surface area contributed by atoms with Crippen LogP contribution in [0.4, 0.5) is 5.69 Å². The van der Waals surface area contributed by atoms with Crippen molar-refractivity contribution in [1.82, 2.24) is 20.1 Å². The first-order valence-corrected chi connectivity index (χ1v) is 13.8. The maximum Gasteiger partial charge on any atom is 0.295 e. The largest absolute Gasteiger partial charge is 0.360 e. The number of para-hydroxylation sites is 2. The third-order valence-corrected chi connectivity index (χ3v) is 7.78. The van der Waals surface area contributed by atoms with Gasteiger partial charge in [0.05, 0.1) is 5.56 Å². The van der Waals surface area contributed by atoms with Gasteiger partial charge in [-0.2, -0.15) is 0 Å². The number of nitrogens with one attached hydrogen (secondary N) is 2. The Morgan fingerprint density at radius 1 is 0.895 bits per heavy atom. The fourth-order valence-electron chi connectivity index (χ4n) is 5.69. The van der Waals surface area contributed by atoms with Crippen molar-refractivity contribution in [2.75, 3.05) is 50.7 Å². The average molecular weight is 516 g/mol. The number of piperazine rings is 1. The summed E-state index contributed by atoms with van der Waals surface area (Å²) >= 11 is 0. The van der Waals surface area contributed by atoms with Crippen LogP contribution in [0.2, 0.25) is 0 Å². The highest BCUT2D eigenvalue weighted by molar-refractivity contribution is 6.45. The molecule has 2 aromatic carbocycles. The number of anilines is 1. The van der Waals surface area contributed by atoms with E-state index in [1.165, 1.54) is 11.3 Å². The number of nitrogens with zero attached hydrogens (tertiary/aromatic N) is 3. The van der Waals surface area contributed by atoms with Crippen molar-refractivity contribution in [2.45, 2.75) is 38.1 Å². The van der Waals surface area contributed by atoms with Crippen molar-refractivity contribution in [3.8, 4) is 0 Å². The van der Waals surface area contributed by atoms with Gasteiger partial charge in [0.1, 0.15) is 6.54 Å². The molecule has 0 unspecified atom stereocenters. The molecule has 0 spiro atoms. The van der Waals surface area contributed by atoms with Crippen LogP contribution in [0.3, 0.4) is 0 Å². The standard InChI is InChI=1S/C30H37N5O3/c36-28(35(23-9-3-1-4-10-23)24-11-5-2-6-12-24)22-34(20-19-33-17-15-31-16-18-33)30(38)29(37)26-21-32-27-14-8-7-13-25(26)27/h1,3-4,7-10,13-14,21,24,31-32H,2,5-6,11-12,15-20,22H2. The monoisotopic (exact) mass is 515 g/mol. The first-order chi connectivity index (χ1) is 18.6. The van der Waals surface area contributed by atoms with Crippen LogP contribution in [-0.4, -0.2) is 84.2 Å². The van der Waals surface area contributed by atoms with E-state index in [4.69, 9.17) is 0 Å². The number of hydrogen-bond donors (Lipinski definition) is 2. The Bertz CT molecular complexity index is 1250. The van der Waals surface area contributed by atoms with Gasteiger partial charge in [-0.1, -0.05) is 55.7 Å². The minimum atomic E-state index is -0.630. The first kappa shape index (κ1) is 26.1. The SMILES string of the molecule is O=C(C(=O)N(CCN1CCNCC1)CC(=O)N(c1ccccc1)C1CCCCC1)c1c[nH]c2ccccc12. The van der Waals surface area contributed by atoms with Gasteiger partial charge >= 0.3 is 0 Å². The Hall–Kier alpha value is -3.49. The number of amides is 2. The second-order valence-corrected chi connectivity index (χ2v) is 10.3. The third kappa shape index (κ3) is 5.97. The van der Waals surface area contributed by atoms with E-state index < -0.39 is 11.7 Å². The van der Waals surface area contributed by atoms with Crippen LogP contribution in [0.15, 0.2) is 60.8 Å². The number of hydrogen-bond acceptors (Lipinski definition) is 5. The minimum Gasteiger partial charge on any atom is -0.360 e. The maximum atomic E-state index is 13.9. The summed E-state index contributed by atoms with van der Waals surface area (Å²) in [4.78, 5) is 49.8. The van der Waals surface area contributed by atoms with E-state index in [1.54, 1.807) is 6.20 Å². The highest BCUT2D eigenvalue weighted by Gasteiger charge is 2.32. The quantitative estimate of drug-likeness (QED) is 0.337. The summed E-state index contributed by atoms with van der Waals surface area (Å²) in [5.74, 6) is -1.35. The van der Waals surface area contributed by atoms with Crippen molar-refractivity contribution in [1.29, 1.82) is 0 Å².